The first-order valence-corrected chi connectivity index (χ1v) is 9.71. The summed E-state index contributed by atoms with van der Waals surface area (Å²) in [6.07, 6.45) is 4.13. The summed E-state index contributed by atoms with van der Waals surface area (Å²) in [5.41, 5.74) is 4.19. The van der Waals surface area contributed by atoms with Gasteiger partial charge in [0.05, 0.1) is 12.0 Å². The maximum absolute atomic E-state index is 13.3. The molecule has 0 bridgehead atoms. The van der Waals surface area contributed by atoms with Crippen molar-refractivity contribution in [2.75, 3.05) is 5.32 Å². The summed E-state index contributed by atoms with van der Waals surface area (Å²) in [6, 6.07) is 15.8. The summed E-state index contributed by atoms with van der Waals surface area (Å²) in [6.45, 7) is 2.06. The van der Waals surface area contributed by atoms with Gasteiger partial charge in [-0.05, 0) is 30.2 Å². The first-order valence-electron chi connectivity index (χ1n) is 9.33. The standard InChI is InChI=1S/C22H19ClN4O/c1-13-5-7-14(8-6-13)21-20-18(26-22-24-12-25-27(21)22)10-16(11-19(20)28)15-3-2-4-17(23)9-15/h2-10,12,16,20-21H,11H2,1H3,(H,24,25,26)/t16-,20+,21+/m1/s1. The lowest BCUT2D eigenvalue weighted by Crippen LogP contribution is -2.40. The van der Waals surface area contributed by atoms with Gasteiger partial charge in [-0.3, -0.25) is 4.79 Å². The Bertz CT molecular complexity index is 1090. The zero-order chi connectivity index (χ0) is 19.3. The molecule has 1 N–H and O–H groups in total. The number of hydrogen-bond donors (Lipinski definition) is 1. The fourth-order valence-corrected chi connectivity index (χ4v) is 4.42. The molecule has 5 nitrogen and oxygen atoms in total. The van der Waals surface area contributed by atoms with Gasteiger partial charge < -0.3 is 5.32 Å². The molecule has 3 aromatic rings. The Morgan fingerprint density at radius 3 is 2.75 bits per heavy atom. The van der Waals surface area contributed by atoms with E-state index in [2.05, 4.69) is 52.7 Å². The van der Waals surface area contributed by atoms with E-state index in [1.54, 1.807) is 0 Å². The third-order valence-corrected chi connectivity index (χ3v) is 5.82. The van der Waals surface area contributed by atoms with E-state index in [4.69, 9.17) is 11.6 Å². The Morgan fingerprint density at radius 1 is 1.14 bits per heavy atom. The van der Waals surface area contributed by atoms with Gasteiger partial charge in [-0.2, -0.15) is 10.1 Å². The molecular weight excluding hydrogens is 372 g/mol. The summed E-state index contributed by atoms with van der Waals surface area (Å²) in [5.74, 6) is 0.555. The number of Topliss-reactive ketones (excluding diaryl/α,β-unsaturated/α-hetero) is 1. The van der Waals surface area contributed by atoms with Crippen molar-refractivity contribution in [3.8, 4) is 0 Å². The minimum atomic E-state index is -0.299. The number of aromatic nitrogens is 3. The van der Waals surface area contributed by atoms with Crippen LogP contribution >= 0.6 is 11.6 Å². The Balaban J connectivity index is 1.61. The maximum Gasteiger partial charge on any atom is 0.226 e. The summed E-state index contributed by atoms with van der Waals surface area (Å²) < 4.78 is 1.82. The lowest BCUT2D eigenvalue weighted by atomic mass is 9.75. The third-order valence-electron chi connectivity index (χ3n) is 5.59. The number of anilines is 1. The van der Waals surface area contributed by atoms with Gasteiger partial charge in [-0.1, -0.05) is 59.6 Å². The molecule has 140 valence electrons. The molecule has 6 heteroatoms. The van der Waals surface area contributed by atoms with Gasteiger partial charge in [0, 0.05) is 23.1 Å². The molecule has 0 radical (unpaired) electrons. The van der Waals surface area contributed by atoms with Crippen LogP contribution in [0.1, 0.15) is 35.1 Å². The number of carbonyl (C=O) groups excluding carboxylic acids is 1. The van der Waals surface area contributed by atoms with E-state index in [1.807, 2.05) is 28.9 Å². The van der Waals surface area contributed by atoms with Gasteiger partial charge in [-0.15, -0.1) is 0 Å². The van der Waals surface area contributed by atoms with Crippen molar-refractivity contribution in [2.24, 2.45) is 5.92 Å². The Kier molecular flexibility index (Phi) is 4.05. The SMILES string of the molecule is Cc1ccc([C@H]2[C@@H]3C(=O)C[C@H](c4cccc(Cl)c4)C=C3Nc3ncnn32)cc1. The molecule has 5 rings (SSSR count). The lowest BCUT2D eigenvalue weighted by Gasteiger charge is -2.38. The molecule has 0 unspecified atom stereocenters. The normalized spacial score (nSPS) is 23.4. The van der Waals surface area contributed by atoms with Crippen molar-refractivity contribution >= 4 is 23.3 Å². The quantitative estimate of drug-likeness (QED) is 0.699. The topological polar surface area (TPSA) is 59.8 Å². The summed E-state index contributed by atoms with van der Waals surface area (Å²) >= 11 is 6.16. The minimum Gasteiger partial charge on any atom is -0.328 e. The smallest absolute Gasteiger partial charge is 0.226 e. The van der Waals surface area contributed by atoms with Crippen LogP contribution in [-0.4, -0.2) is 20.5 Å². The molecule has 1 aliphatic carbocycles. The van der Waals surface area contributed by atoms with Gasteiger partial charge in [-0.25, -0.2) is 4.68 Å². The second-order valence-electron chi connectivity index (χ2n) is 7.44. The van der Waals surface area contributed by atoms with E-state index in [1.165, 1.54) is 11.9 Å². The number of halogens is 1. The first-order chi connectivity index (χ1) is 13.6. The van der Waals surface area contributed by atoms with E-state index in [9.17, 15) is 4.79 Å². The predicted octanol–water partition coefficient (Wildman–Crippen LogP) is 4.51. The number of benzene rings is 2. The van der Waals surface area contributed by atoms with Crippen LogP contribution in [0.5, 0.6) is 0 Å². The molecule has 0 saturated heterocycles. The highest BCUT2D eigenvalue weighted by Gasteiger charge is 2.43. The van der Waals surface area contributed by atoms with Crippen LogP contribution in [0.4, 0.5) is 5.95 Å². The summed E-state index contributed by atoms with van der Waals surface area (Å²) in [7, 11) is 0. The average molecular weight is 391 g/mol. The van der Waals surface area contributed by atoms with Crippen molar-refractivity contribution in [3.63, 3.8) is 0 Å². The van der Waals surface area contributed by atoms with E-state index < -0.39 is 0 Å². The van der Waals surface area contributed by atoms with Gasteiger partial charge in [0.2, 0.25) is 5.95 Å². The van der Waals surface area contributed by atoms with Crippen LogP contribution in [-0.2, 0) is 4.79 Å². The van der Waals surface area contributed by atoms with E-state index >= 15 is 0 Å². The van der Waals surface area contributed by atoms with E-state index in [0.717, 1.165) is 16.8 Å². The number of allylic oxidation sites excluding steroid dienone is 2. The number of hydrogen-bond acceptors (Lipinski definition) is 4. The van der Waals surface area contributed by atoms with Crippen LogP contribution in [0.25, 0.3) is 0 Å². The molecule has 0 saturated carbocycles. The molecule has 0 amide bonds. The van der Waals surface area contributed by atoms with Crippen molar-refractivity contribution in [3.05, 3.63) is 88.3 Å². The van der Waals surface area contributed by atoms with Crippen molar-refractivity contribution in [2.45, 2.75) is 25.3 Å². The Hall–Kier alpha value is -2.92. The number of nitrogens with one attached hydrogen (secondary N) is 1. The van der Waals surface area contributed by atoms with E-state index in [0.29, 0.717) is 17.4 Å². The average Bonchev–Trinajstić information content (AvgIpc) is 3.15. The highest BCUT2D eigenvalue weighted by atomic mass is 35.5. The highest BCUT2D eigenvalue weighted by Crippen LogP contribution is 2.44. The molecular formula is C22H19ClN4O. The maximum atomic E-state index is 13.3. The van der Waals surface area contributed by atoms with Gasteiger partial charge in [0.15, 0.2) is 0 Å². The fourth-order valence-electron chi connectivity index (χ4n) is 4.22. The molecule has 2 aromatic carbocycles. The van der Waals surface area contributed by atoms with Crippen molar-refractivity contribution < 1.29 is 4.79 Å². The van der Waals surface area contributed by atoms with Gasteiger partial charge in [0.1, 0.15) is 12.1 Å². The second kappa shape index (κ2) is 6.60. The Labute approximate surface area is 168 Å². The summed E-state index contributed by atoms with van der Waals surface area (Å²) in [5, 5.41) is 8.41. The molecule has 3 atom stereocenters. The van der Waals surface area contributed by atoms with Crippen LogP contribution in [0.15, 0.2) is 66.6 Å². The molecule has 1 aromatic heterocycles. The fraction of sp³-hybridized carbons (Fsp3) is 0.227. The first kappa shape index (κ1) is 17.2. The predicted molar refractivity (Wildman–Crippen MR) is 108 cm³/mol. The van der Waals surface area contributed by atoms with Crippen molar-refractivity contribution in [1.82, 2.24) is 14.8 Å². The zero-order valence-corrected chi connectivity index (χ0v) is 16.1. The molecule has 1 aliphatic heterocycles. The lowest BCUT2D eigenvalue weighted by molar-refractivity contribution is -0.123. The molecule has 2 heterocycles. The number of ketones is 1. The largest absolute Gasteiger partial charge is 0.328 e. The molecule has 0 spiro atoms. The zero-order valence-electron chi connectivity index (χ0n) is 15.3. The van der Waals surface area contributed by atoms with Crippen LogP contribution in [0.3, 0.4) is 0 Å². The third kappa shape index (κ3) is 2.83. The van der Waals surface area contributed by atoms with Crippen LogP contribution in [0.2, 0.25) is 5.02 Å². The number of rotatable bonds is 2. The van der Waals surface area contributed by atoms with Gasteiger partial charge >= 0.3 is 0 Å². The second-order valence-corrected chi connectivity index (χ2v) is 7.88. The number of aryl methyl sites for hydroxylation is 1. The summed E-state index contributed by atoms with van der Waals surface area (Å²) in [4.78, 5) is 17.6. The van der Waals surface area contributed by atoms with Crippen LogP contribution in [0, 0.1) is 12.8 Å². The number of fused-ring (bicyclic) bond motifs is 2. The van der Waals surface area contributed by atoms with E-state index in [-0.39, 0.29) is 23.7 Å². The monoisotopic (exact) mass is 390 g/mol. The molecule has 2 aliphatic rings. The molecule has 0 fully saturated rings. The number of nitrogens with zero attached hydrogens (tertiary/aromatic N) is 3. The van der Waals surface area contributed by atoms with Crippen LogP contribution < -0.4 is 5.32 Å². The Morgan fingerprint density at radius 2 is 1.96 bits per heavy atom. The minimum absolute atomic E-state index is 0.00177. The molecule has 28 heavy (non-hydrogen) atoms. The van der Waals surface area contributed by atoms with Crippen molar-refractivity contribution in [1.29, 1.82) is 0 Å². The highest BCUT2D eigenvalue weighted by molar-refractivity contribution is 6.30. The van der Waals surface area contributed by atoms with Gasteiger partial charge in [0.25, 0.3) is 0 Å². The number of carbonyl (C=O) groups is 1.